The standard InChI is InChI=1S/C21H25NO7S/c1-15-8-10-17(11-9-15)30(25,26)20-18(12-22(23)24)21(27-2)29-19(20)14-28-13-16-6-4-3-5-7-16/h3-11,18-21H,12-14H2,1-2H3/t18-,19+,20-,21-/m0/s1. The van der Waals surface area contributed by atoms with Crippen molar-refractivity contribution in [3.8, 4) is 0 Å². The van der Waals surface area contributed by atoms with Gasteiger partial charge in [0.2, 0.25) is 6.54 Å². The molecule has 3 rings (SSSR count). The van der Waals surface area contributed by atoms with Gasteiger partial charge in [-0.1, -0.05) is 48.0 Å². The van der Waals surface area contributed by atoms with Gasteiger partial charge in [0.15, 0.2) is 16.1 Å². The molecule has 0 unspecified atom stereocenters. The van der Waals surface area contributed by atoms with Crippen LogP contribution in [-0.2, 0) is 30.7 Å². The Morgan fingerprint density at radius 2 is 1.77 bits per heavy atom. The predicted molar refractivity (Wildman–Crippen MR) is 109 cm³/mol. The number of nitro groups is 1. The summed E-state index contributed by atoms with van der Waals surface area (Å²) in [5.41, 5.74) is 1.84. The van der Waals surface area contributed by atoms with E-state index in [1.54, 1.807) is 12.1 Å². The average molecular weight is 435 g/mol. The molecule has 0 bridgehead atoms. The minimum absolute atomic E-state index is 0.0290. The number of nitrogens with zero attached hydrogens (tertiary/aromatic N) is 1. The van der Waals surface area contributed by atoms with E-state index in [-0.39, 0.29) is 18.1 Å². The van der Waals surface area contributed by atoms with E-state index in [4.69, 9.17) is 14.2 Å². The molecule has 162 valence electrons. The van der Waals surface area contributed by atoms with Gasteiger partial charge in [-0.15, -0.1) is 0 Å². The molecule has 1 fully saturated rings. The quantitative estimate of drug-likeness (QED) is 0.440. The minimum Gasteiger partial charge on any atom is -0.374 e. The van der Waals surface area contributed by atoms with Crippen molar-refractivity contribution in [1.29, 1.82) is 0 Å². The van der Waals surface area contributed by atoms with Gasteiger partial charge in [-0.2, -0.15) is 0 Å². The molecule has 2 aromatic carbocycles. The maximum absolute atomic E-state index is 13.4. The molecule has 0 spiro atoms. The number of methoxy groups -OCH3 is 1. The van der Waals surface area contributed by atoms with Crippen LogP contribution in [0, 0.1) is 23.0 Å². The molecule has 0 N–H and O–H groups in total. The summed E-state index contributed by atoms with van der Waals surface area (Å²) in [6.07, 6.45) is -1.90. The largest absolute Gasteiger partial charge is 0.374 e. The molecule has 4 atom stereocenters. The molecule has 30 heavy (non-hydrogen) atoms. The molecule has 0 saturated carbocycles. The lowest BCUT2D eigenvalue weighted by Crippen LogP contribution is -2.41. The van der Waals surface area contributed by atoms with Crippen LogP contribution < -0.4 is 0 Å². The van der Waals surface area contributed by atoms with Crippen molar-refractivity contribution in [3.63, 3.8) is 0 Å². The zero-order chi connectivity index (χ0) is 21.7. The van der Waals surface area contributed by atoms with Gasteiger partial charge in [0.25, 0.3) is 0 Å². The van der Waals surface area contributed by atoms with Crippen molar-refractivity contribution in [2.24, 2.45) is 5.92 Å². The van der Waals surface area contributed by atoms with Gasteiger partial charge >= 0.3 is 0 Å². The van der Waals surface area contributed by atoms with Crippen LogP contribution >= 0.6 is 0 Å². The molecule has 8 nitrogen and oxygen atoms in total. The molecular formula is C21H25NO7S. The molecule has 1 heterocycles. The van der Waals surface area contributed by atoms with E-state index in [2.05, 4.69) is 0 Å². The highest BCUT2D eigenvalue weighted by Gasteiger charge is 2.54. The van der Waals surface area contributed by atoms with E-state index in [1.165, 1.54) is 19.2 Å². The lowest BCUT2D eigenvalue weighted by molar-refractivity contribution is -0.491. The van der Waals surface area contributed by atoms with Crippen LogP contribution in [0.5, 0.6) is 0 Å². The summed E-state index contributed by atoms with van der Waals surface area (Å²) >= 11 is 0. The topological polar surface area (TPSA) is 105 Å². The third kappa shape index (κ3) is 5.04. The van der Waals surface area contributed by atoms with Crippen LogP contribution in [0.2, 0.25) is 0 Å². The number of aryl methyl sites for hydroxylation is 1. The monoisotopic (exact) mass is 435 g/mol. The van der Waals surface area contributed by atoms with Gasteiger partial charge in [0.05, 0.1) is 24.0 Å². The normalized spacial score (nSPS) is 24.1. The first kappa shape index (κ1) is 22.4. The van der Waals surface area contributed by atoms with Crippen LogP contribution in [0.15, 0.2) is 59.5 Å². The number of rotatable bonds is 9. The zero-order valence-electron chi connectivity index (χ0n) is 16.8. The van der Waals surface area contributed by atoms with Gasteiger partial charge in [0, 0.05) is 12.0 Å². The number of hydrogen-bond acceptors (Lipinski definition) is 7. The third-order valence-corrected chi connectivity index (χ3v) is 7.44. The maximum atomic E-state index is 13.4. The SMILES string of the molecule is CO[C@H]1O[C@H](COCc2ccccc2)[C@@H](S(=O)(=O)c2ccc(C)cc2)[C@@H]1C[N+](=O)[O-]. The van der Waals surface area contributed by atoms with Crippen LogP contribution in [0.1, 0.15) is 11.1 Å². The van der Waals surface area contributed by atoms with Crippen LogP contribution in [0.25, 0.3) is 0 Å². The summed E-state index contributed by atoms with van der Waals surface area (Å²) < 4.78 is 43.6. The molecule has 0 aliphatic carbocycles. The van der Waals surface area contributed by atoms with Crippen LogP contribution in [0.3, 0.4) is 0 Å². The molecule has 1 saturated heterocycles. The Morgan fingerprint density at radius 3 is 2.37 bits per heavy atom. The Kier molecular flexibility index (Phi) is 7.19. The lowest BCUT2D eigenvalue weighted by Gasteiger charge is -2.21. The lowest BCUT2D eigenvalue weighted by atomic mass is 10.0. The van der Waals surface area contributed by atoms with Crippen molar-refractivity contribution in [1.82, 2.24) is 0 Å². The van der Waals surface area contributed by atoms with Crippen molar-refractivity contribution >= 4 is 9.84 Å². The predicted octanol–water partition coefficient (Wildman–Crippen LogP) is 2.62. The van der Waals surface area contributed by atoms with Crippen molar-refractivity contribution < 1.29 is 27.6 Å². The number of ether oxygens (including phenoxy) is 3. The second-order valence-corrected chi connectivity index (χ2v) is 9.39. The Hall–Kier alpha value is -2.33. The number of benzene rings is 2. The van der Waals surface area contributed by atoms with E-state index in [0.717, 1.165) is 11.1 Å². The van der Waals surface area contributed by atoms with E-state index in [0.29, 0.717) is 0 Å². The fourth-order valence-electron chi connectivity index (χ4n) is 3.69. The Labute approximate surface area is 175 Å². The average Bonchev–Trinajstić information content (AvgIpc) is 3.06. The molecular weight excluding hydrogens is 410 g/mol. The summed E-state index contributed by atoms with van der Waals surface area (Å²) in [5.74, 6) is -0.957. The molecule has 0 amide bonds. The molecule has 1 aliphatic rings. The van der Waals surface area contributed by atoms with E-state index >= 15 is 0 Å². The van der Waals surface area contributed by atoms with Crippen molar-refractivity contribution in [2.45, 2.75) is 36.1 Å². The Morgan fingerprint density at radius 1 is 1.10 bits per heavy atom. The Balaban J connectivity index is 1.86. The van der Waals surface area contributed by atoms with Gasteiger partial charge in [-0.25, -0.2) is 8.42 Å². The minimum atomic E-state index is -3.93. The summed E-state index contributed by atoms with van der Waals surface area (Å²) in [7, 11) is -2.58. The first-order valence-corrected chi connectivity index (χ1v) is 11.1. The number of sulfone groups is 1. The van der Waals surface area contributed by atoms with E-state index in [9.17, 15) is 18.5 Å². The third-order valence-electron chi connectivity index (χ3n) is 5.14. The molecule has 9 heteroatoms. The molecule has 0 radical (unpaired) electrons. The summed E-state index contributed by atoms with van der Waals surface area (Å²) in [6.45, 7) is 1.52. The highest BCUT2D eigenvalue weighted by molar-refractivity contribution is 7.92. The maximum Gasteiger partial charge on any atom is 0.212 e. The highest BCUT2D eigenvalue weighted by atomic mass is 32.2. The van der Waals surface area contributed by atoms with Crippen molar-refractivity contribution in [3.05, 3.63) is 75.8 Å². The van der Waals surface area contributed by atoms with E-state index in [1.807, 2.05) is 37.3 Å². The van der Waals surface area contributed by atoms with Gasteiger partial charge in [0.1, 0.15) is 11.4 Å². The zero-order valence-corrected chi connectivity index (χ0v) is 17.7. The van der Waals surface area contributed by atoms with Crippen molar-refractivity contribution in [2.75, 3.05) is 20.3 Å². The summed E-state index contributed by atoms with van der Waals surface area (Å²) in [5, 5.41) is 10.1. The van der Waals surface area contributed by atoms with Gasteiger partial charge < -0.3 is 14.2 Å². The first-order chi connectivity index (χ1) is 14.3. The smallest absolute Gasteiger partial charge is 0.212 e. The first-order valence-electron chi connectivity index (χ1n) is 9.55. The number of hydrogen-bond donors (Lipinski definition) is 0. The Bertz CT molecular complexity index is 947. The van der Waals surface area contributed by atoms with Gasteiger partial charge in [-0.05, 0) is 24.6 Å². The molecule has 0 aromatic heterocycles. The summed E-state index contributed by atoms with van der Waals surface area (Å²) in [6, 6.07) is 15.8. The van der Waals surface area contributed by atoms with E-state index < -0.39 is 44.9 Å². The summed E-state index contributed by atoms with van der Waals surface area (Å²) in [4.78, 5) is 10.8. The van der Waals surface area contributed by atoms with Crippen LogP contribution in [0.4, 0.5) is 0 Å². The molecule has 1 aliphatic heterocycles. The fourth-order valence-corrected chi connectivity index (χ4v) is 5.74. The molecule has 2 aromatic rings. The van der Waals surface area contributed by atoms with Gasteiger partial charge in [-0.3, -0.25) is 10.1 Å². The van der Waals surface area contributed by atoms with Crippen LogP contribution in [-0.4, -0.2) is 51.2 Å². The fraction of sp³-hybridized carbons (Fsp3) is 0.429. The highest BCUT2D eigenvalue weighted by Crippen LogP contribution is 2.36. The second kappa shape index (κ2) is 9.65. The second-order valence-electron chi connectivity index (χ2n) is 7.28.